The number of nitrogens with zero attached hydrogens (tertiary/aromatic N) is 1. The fraction of sp³-hybridized carbons (Fsp3) is 0.300. The summed E-state index contributed by atoms with van der Waals surface area (Å²) in [6.45, 7) is 4.23. The van der Waals surface area contributed by atoms with Gasteiger partial charge in [0.1, 0.15) is 0 Å². The van der Waals surface area contributed by atoms with Crippen LogP contribution in [0.25, 0.3) is 0 Å². The van der Waals surface area contributed by atoms with Crippen molar-refractivity contribution in [2.75, 3.05) is 4.72 Å². The largest absolute Gasteiger partial charge is 0.566 e. The van der Waals surface area contributed by atoms with Crippen molar-refractivity contribution in [2.45, 2.75) is 24.0 Å². The molecule has 1 aromatic carbocycles. The molecule has 3 N–H and O–H groups in total. The second-order valence-electron chi connectivity index (χ2n) is 3.67. The van der Waals surface area contributed by atoms with Crippen molar-refractivity contribution in [1.82, 2.24) is 0 Å². The van der Waals surface area contributed by atoms with Gasteiger partial charge in [0.2, 0.25) is 11.5 Å². The number of hydrogen-bond donors (Lipinski definition) is 2. The van der Waals surface area contributed by atoms with E-state index in [2.05, 4.69) is 23.0 Å². The highest BCUT2D eigenvalue weighted by molar-refractivity contribution is 8.00. The Balaban J connectivity index is 2.45. The van der Waals surface area contributed by atoms with E-state index >= 15 is 0 Å². The van der Waals surface area contributed by atoms with E-state index in [0.29, 0.717) is 11.1 Å². The van der Waals surface area contributed by atoms with E-state index in [0.717, 1.165) is 16.1 Å². The molecular formula is C10H13N3OS2. The Kier molecular flexibility index (Phi) is 3.32. The van der Waals surface area contributed by atoms with Gasteiger partial charge in [0.15, 0.2) is 5.84 Å². The number of nitrogens with two attached hydrogens (primary N) is 1. The van der Waals surface area contributed by atoms with Crippen LogP contribution in [0.4, 0.5) is 5.69 Å². The average molecular weight is 255 g/mol. The Morgan fingerprint density at radius 3 is 2.94 bits per heavy atom. The predicted molar refractivity (Wildman–Crippen MR) is 69.9 cm³/mol. The van der Waals surface area contributed by atoms with E-state index in [9.17, 15) is 4.55 Å². The molecule has 1 heterocycles. The van der Waals surface area contributed by atoms with Crippen LogP contribution in [-0.2, 0) is 11.5 Å². The highest BCUT2D eigenvalue weighted by Crippen LogP contribution is 2.33. The molecule has 1 unspecified atom stereocenters. The van der Waals surface area contributed by atoms with Crippen molar-refractivity contribution in [1.29, 1.82) is 0 Å². The zero-order valence-electron chi connectivity index (χ0n) is 9.06. The van der Waals surface area contributed by atoms with E-state index in [1.54, 1.807) is 11.8 Å². The summed E-state index contributed by atoms with van der Waals surface area (Å²) in [5, 5.41) is 0.465. The molecule has 4 nitrogen and oxygen atoms in total. The Labute approximate surface area is 102 Å². The molecule has 2 rings (SSSR count). The maximum Gasteiger partial charge on any atom is 0.222 e. The molecule has 0 amide bonds. The van der Waals surface area contributed by atoms with Crippen molar-refractivity contribution in [2.24, 2.45) is 10.1 Å². The van der Waals surface area contributed by atoms with Crippen molar-refractivity contribution in [3.63, 3.8) is 0 Å². The van der Waals surface area contributed by atoms with E-state index < -0.39 is 11.5 Å². The summed E-state index contributed by atoms with van der Waals surface area (Å²) in [5.41, 5.74) is 7.47. The third kappa shape index (κ3) is 2.28. The Morgan fingerprint density at radius 2 is 2.25 bits per heavy atom. The molecule has 1 aromatic rings. The lowest BCUT2D eigenvalue weighted by Gasteiger charge is -2.18. The van der Waals surface area contributed by atoms with Crippen LogP contribution in [0.3, 0.4) is 0 Å². The van der Waals surface area contributed by atoms with Crippen molar-refractivity contribution in [3.8, 4) is 0 Å². The minimum Gasteiger partial charge on any atom is -0.566 e. The topological polar surface area (TPSA) is 73.5 Å². The first-order valence-corrected chi connectivity index (χ1v) is 6.89. The molecule has 16 heavy (non-hydrogen) atoms. The van der Waals surface area contributed by atoms with Gasteiger partial charge in [-0.05, 0) is 16.5 Å². The number of anilines is 1. The lowest BCUT2D eigenvalue weighted by atomic mass is 10.1. The van der Waals surface area contributed by atoms with Crippen molar-refractivity contribution in [3.05, 3.63) is 23.8 Å². The molecule has 0 fully saturated rings. The maximum absolute atomic E-state index is 11.3. The molecule has 0 bridgehead atoms. The SMILES string of the molecule is CC(C)Sc1cccc2c1C(N)=N[S+]([O-])N2. The number of nitrogens with one attached hydrogen (secondary N) is 1. The minimum absolute atomic E-state index is 0.343. The Hall–Kier alpha value is -0.850. The first-order chi connectivity index (χ1) is 7.58. The molecule has 0 aromatic heterocycles. The van der Waals surface area contributed by atoms with Gasteiger partial charge in [-0.25, -0.2) is 0 Å². The van der Waals surface area contributed by atoms with Crippen LogP contribution in [-0.4, -0.2) is 15.6 Å². The van der Waals surface area contributed by atoms with Gasteiger partial charge in [0, 0.05) is 10.1 Å². The van der Waals surface area contributed by atoms with Gasteiger partial charge < -0.3 is 10.3 Å². The molecule has 0 saturated carbocycles. The number of benzene rings is 1. The van der Waals surface area contributed by atoms with E-state index in [1.165, 1.54) is 0 Å². The zero-order valence-corrected chi connectivity index (χ0v) is 10.7. The molecule has 6 heteroatoms. The third-order valence-corrected chi connectivity index (χ3v) is 3.85. The van der Waals surface area contributed by atoms with Crippen LogP contribution in [0.15, 0.2) is 27.5 Å². The van der Waals surface area contributed by atoms with Gasteiger partial charge in [-0.2, -0.15) is 4.72 Å². The standard InChI is InChI=1S/C10H13N3OS2/c1-6(2)15-8-5-3-4-7-9(8)10(11)13-16(14)12-7/h3-6,12H,1-2H3,(H2,11,13). The summed E-state index contributed by atoms with van der Waals surface area (Å²) < 4.78 is 17.9. The molecule has 0 radical (unpaired) electrons. The zero-order chi connectivity index (χ0) is 11.7. The number of hydrogen-bond acceptors (Lipinski definition) is 5. The second kappa shape index (κ2) is 4.57. The summed E-state index contributed by atoms with van der Waals surface area (Å²) >= 11 is 0.269. The fourth-order valence-corrected chi connectivity index (χ4v) is 3.16. The van der Waals surface area contributed by atoms with Crippen LogP contribution in [0, 0.1) is 0 Å². The van der Waals surface area contributed by atoms with Crippen LogP contribution >= 0.6 is 11.8 Å². The molecule has 1 aliphatic rings. The quantitative estimate of drug-likeness (QED) is 0.625. The first kappa shape index (κ1) is 11.6. The smallest absolute Gasteiger partial charge is 0.222 e. The molecular weight excluding hydrogens is 242 g/mol. The van der Waals surface area contributed by atoms with Gasteiger partial charge >= 0.3 is 0 Å². The number of amidine groups is 1. The lowest BCUT2D eigenvalue weighted by Crippen LogP contribution is -2.27. The van der Waals surface area contributed by atoms with Crippen LogP contribution in [0.2, 0.25) is 0 Å². The van der Waals surface area contributed by atoms with Gasteiger partial charge in [-0.15, -0.1) is 11.8 Å². The summed E-state index contributed by atoms with van der Waals surface area (Å²) in [5.74, 6) is 0.343. The predicted octanol–water partition coefficient (Wildman–Crippen LogP) is 1.90. The highest BCUT2D eigenvalue weighted by atomic mass is 32.2. The van der Waals surface area contributed by atoms with E-state index in [-0.39, 0.29) is 0 Å². The summed E-state index contributed by atoms with van der Waals surface area (Å²) in [6, 6.07) is 5.79. The fourth-order valence-electron chi connectivity index (χ4n) is 1.48. The molecule has 1 aliphatic heterocycles. The molecule has 0 spiro atoms. The van der Waals surface area contributed by atoms with Gasteiger partial charge in [-0.1, -0.05) is 19.9 Å². The highest BCUT2D eigenvalue weighted by Gasteiger charge is 2.23. The average Bonchev–Trinajstić information content (AvgIpc) is 2.15. The van der Waals surface area contributed by atoms with Gasteiger partial charge in [0.05, 0.1) is 11.3 Å². The normalized spacial score (nSPS) is 19.0. The van der Waals surface area contributed by atoms with Crippen LogP contribution < -0.4 is 10.5 Å². The molecule has 0 saturated heterocycles. The number of fused-ring (bicyclic) bond motifs is 1. The summed E-state index contributed by atoms with van der Waals surface area (Å²) in [7, 11) is 0. The van der Waals surface area contributed by atoms with Gasteiger partial charge in [0.25, 0.3) is 0 Å². The van der Waals surface area contributed by atoms with Crippen LogP contribution in [0.5, 0.6) is 0 Å². The lowest BCUT2D eigenvalue weighted by molar-refractivity contribution is 0.601. The summed E-state index contributed by atoms with van der Waals surface area (Å²) in [4.78, 5) is 1.07. The van der Waals surface area contributed by atoms with Crippen molar-refractivity contribution >= 4 is 34.8 Å². The third-order valence-electron chi connectivity index (χ3n) is 2.02. The van der Waals surface area contributed by atoms with Crippen molar-refractivity contribution < 1.29 is 4.55 Å². The minimum atomic E-state index is -1.45. The Bertz CT molecular complexity index is 434. The van der Waals surface area contributed by atoms with E-state index in [1.807, 2.05) is 18.2 Å². The van der Waals surface area contributed by atoms with Gasteiger partial charge in [-0.3, -0.25) is 0 Å². The Morgan fingerprint density at radius 1 is 1.50 bits per heavy atom. The molecule has 86 valence electrons. The number of rotatable bonds is 2. The molecule has 0 aliphatic carbocycles. The monoisotopic (exact) mass is 255 g/mol. The van der Waals surface area contributed by atoms with Crippen LogP contribution in [0.1, 0.15) is 19.4 Å². The number of thioether (sulfide) groups is 1. The second-order valence-corrected chi connectivity index (χ2v) is 6.18. The maximum atomic E-state index is 11.3. The summed E-state index contributed by atoms with van der Waals surface area (Å²) in [6.07, 6.45) is 0. The molecule has 1 atom stereocenters. The first-order valence-electron chi connectivity index (χ1n) is 4.90. The van der Waals surface area contributed by atoms with E-state index in [4.69, 9.17) is 5.73 Å².